The van der Waals surface area contributed by atoms with Gasteiger partial charge in [-0.05, 0) is 37.3 Å². The first kappa shape index (κ1) is 21.7. The van der Waals surface area contributed by atoms with Crippen LogP contribution in [0.5, 0.6) is 17.2 Å². The lowest BCUT2D eigenvalue weighted by atomic mass is 10.0. The number of ether oxygens (including phenoxy) is 3. The number of amides is 2. The second-order valence-corrected chi connectivity index (χ2v) is 7.83. The molecule has 0 radical (unpaired) electrons. The number of piperazine rings is 1. The van der Waals surface area contributed by atoms with Gasteiger partial charge < -0.3 is 24.0 Å². The van der Waals surface area contributed by atoms with E-state index in [0.29, 0.717) is 54.6 Å². The van der Waals surface area contributed by atoms with Gasteiger partial charge in [0.1, 0.15) is 12.4 Å². The normalized spacial score (nSPS) is 17.6. The standard InChI is InChI=1S/C24H26N2O6/c1-16(27)17-7-8-19(30-2)18(13-17)14-23(28)25-9-11-26(12-10-25)24(29)22-15-31-20-5-3-4-6-21(20)32-22/h3-8,13,22H,9-12,14-15H2,1-2H3. The molecule has 2 amide bonds. The fourth-order valence-electron chi connectivity index (χ4n) is 3.93. The SMILES string of the molecule is COc1ccc(C(C)=O)cc1CC(=O)N1CCN(C(=O)C2COc3ccccc3O2)CC1. The monoisotopic (exact) mass is 438 g/mol. The number of fused-ring (bicyclic) bond motifs is 1. The topological polar surface area (TPSA) is 85.4 Å². The van der Waals surface area contributed by atoms with Gasteiger partial charge in [0.15, 0.2) is 17.3 Å². The summed E-state index contributed by atoms with van der Waals surface area (Å²) in [6.45, 7) is 3.38. The zero-order valence-corrected chi connectivity index (χ0v) is 18.2. The average molecular weight is 438 g/mol. The molecule has 8 nitrogen and oxygen atoms in total. The lowest BCUT2D eigenvalue weighted by molar-refractivity contribution is -0.146. The van der Waals surface area contributed by atoms with Crippen LogP contribution in [0.15, 0.2) is 42.5 Å². The molecule has 32 heavy (non-hydrogen) atoms. The van der Waals surface area contributed by atoms with Gasteiger partial charge in [0.2, 0.25) is 12.0 Å². The van der Waals surface area contributed by atoms with E-state index in [1.165, 1.54) is 14.0 Å². The van der Waals surface area contributed by atoms with Crippen molar-refractivity contribution >= 4 is 17.6 Å². The highest BCUT2D eigenvalue weighted by Crippen LogP contribution is 2.31. The molecule has 0 saturated carbocycles. The van der Waals surface area contributed by atoms with Crippen LogP contribution >= 0.6 is 0 Å². The van der Waals surface area contributed by atoms with E-state index in [2.05, 4.69) is 0 Å². The summed E-state index contributed by atoms with van der Waals surface area (Å²) in [6.07, 6.45) is -0.556. The zero-order valence-electron chi connectivity index (χ0n) is 18.2. The molecule has 0 aliphatic carbocycles. The number of Topliss-reactive ketones (excluding diaryl/α,β-unsaturated/α-hetero) is 1. The Bertz CT molecular complexity index is 1030. The molecule has 0 bridgehead atoms. The van der Waals surface area contributed by atoms with Crippen molar-refractivity contribution < 1.29 is 28.6 Å². The molecule has 8 heteroatoms. The van der Waals surface area contributed by atoms with Crippen molar-refractivity contribution in [1.29, 1.82) is 0 Å². The molecule has 1 unspecified atom stereocenters. The zero-order chi connectivity index (χ0) is 22.7. The fraction of sp³-hybridized carbons (Fsp3) is 0.375. The Kier molecular flexibility index (Phi) is 6.30. The number of para-hydroxylation sites is 2. The predicted octanol–water partition coefficient (Wildman–Crippen LogP) is 1.95. The van der Waals surface area contributed by atoms with Gasteiger partial charge in [-0.2, -0.15) is 0 Å². The number of nitrogens with zero attached hydrogens (tertiary/aromatic N) is 2. The molecule has 1 saturated heterocycles. The molecule has 1 fully saturated rings. The van der Waals surface area contributed by atoms with Crippen LogP contribution in [0.1, 0.15) is 22.8 Å². The molecule has 4 rings (SSSR count). The van der Waals surface area contributed by atoms with Crippen LogP contribution in [0.2, 0.25) is 0 Å². The molecular formula is C24H26N2O6. The third-order valence-electron chi connectivity index (χ3n) is 5.76. The van der Waals surface area contributed by atoms with Crippen molar-refractivity contribution in [2.75, 3.05) is 39.9 Å². The van der Waals surface area contributed by atoms with Gasteiger partial charge in [0, 0.05) is 37.3 Å². The largest absolute Gasteiger partial charge is 0.496 e. The van der Waals surface area contributed by atoms with Gasteiger partial charge in [-0.25, -0.2) is 0 Å². The average Bonchev–Trinajstić information content (AvgIpc) is 2.83. The molecule has 2 aromatic rings. The van der Waals surface area contributed by atoms with Crippen molar-refractivity contribution in [1.82, 2.24) is 9.80 Å². The Hall–Kier alpha value is -3.55. The first-order valence-corrected chi connectivity index (χ1v) is 10.6. The summed E-state index contributed by atoms with van der Waals surface area (Å²) in [5.41, 5.74) is 1.22. The third kappa shape index (κ3) is 4.54. The minimum Gasteiger partial charge on any atom is -0.496 e. The second kappa shape index (κ2) is 9.30. The maximum absolute atomic E-state index is 12.9. The van der Waals surface area contributed by atoms with E-state index >= 15 is 0 Å². The van der Waals surface area contributed by atoms with Crippen LogP contribution in [-0.4, -0.2) is 73.4 Å². The van der Waals surface area contributed by atoms with Crippen LogP contribution in [0.25, 0.3) is 0 Å². The smallest absolute Gasteiger partial charge is 0.267 e. The van der Waals surface area contributed by atoms with Gasteiger partial charge in [0.25, 0.3) is 5.91 Å². The minimum atomic E-state index is -0.689. The minimum absolute atomic E-state index is 0.0648. The quantitative estimate of drug-likeness (QED) is 0.664. The summed E-state index contributed by atoms with van der Waals surface area (Å²) >= 11 is 0. The lowest BCUT2D eigenvalue weighted by Crippen LogP contribution is -2.55. The fourth-order valence-corrected chi connectivity index (χ4v) is 3.93. The van der Waals surface area contributed by atoms with Gasteiger partial charge in [-0.3, -0.25) is 14.4 Å². The summed E-state index contributed by atoms with van der Waals surface area (Å²) in [6, 6.07) is 12.4. The van der Waals surface area contributed by atoms with E-state index in [-0.39, 0.29) is 30.6 Å². The summed E-state index contributed by atoms with van der Waals surface area (Å²) in [5.74, 6) is 1.51. The van der Waals surface area contributed by atoms with Crippen LogP contribution in [0.3, 0.4) is 0 Å². The molecule has 0 aromatic heterocycles. The van der Waals surface area contributed by atoms with Crippen molar-refractivity contribution in [3.8, 4) is 17.2 Å². The first-order chi connectivity index (χ1) is 15.5. The van der Waals surface area contributed by atoms with Crippen LogP contribution in [0, 0.1) is 0 Å². The van der Waals surface area contributed by atoms with E-state index < -0.39 is 6.10 Å². The highest BCUT2D eigenvalue weighted by molar-refractivity contribution is 5.94. The Morgan fingerprint density at radius 2 is 1.69 bits per heavy atom. The maximum atomic E-state index is 12.9. The summed E-state index contributed by atoms with van der Waals surface area (Å²) in [7, 11) is 1.54. The molecule has 2 aliphatic rings. The number of hydrogen-bond donors (Lipinski definition) is 0. The van der Waals surface area contributed by atoms with E-state index in [4.69, 9.17) is 14.2 Å². The molecule has 168 valence electrons. The van der Waals surface area contributed by atoms with E-state index in [1.807, 2.05) is 18.2 Å². The van der Waals surface area contributed by atoms with E-state index in [9.17, 15) is 14.4 Å². The van der Waals surface area contributed by atoms with Crippen LogP contribution < -0.4 is 14.2 Å². The summed E-state index contributed by atoms with van der Waals surface area (Å²) in [5, 5.41) is 0. The molecule has 2 aliphatic heterocycles. The molecule has 1 atom stereocenters. The molecule has 2 heterocycles. The number of benzene rings is 2. The van der Waals surface area contributed by atoms with Crippen molar-refractivity contribution in [2.24, 2.45) is 0 Å². The Morgan fingerprint density at radius 1 is 1.00 bits per heavy atom. The first-order valence-electron chi connectivity index (χ1n) is 10.6. The van der Waals surface area contributed by atoms with Crippen LogP contribution in [-0.2, 0) is 16.0 Å². The van der Waals surface area contributed by atoms with Gasteiger partial charge in [-0.15, -0.1) is 0 Å². The van der Waals surface area contributed by atoms with Gasteiger partial charge in [-0.1, -0.05) is 12.1 Å². The number of carbonyl (C=O) groups is 3. The number of ketones is 1. The molecule has 0 spiro atoms. The van der Waals surface area contributed by atoms with Gasteiger partial charge >= 0.3 is 0 Å². The number of rotatable bonds is 5. The Morgan fingerprint density at radius 3 is 2.38 bits per heavy atom. The second-order valence-electron chi connectivity index (χ2n) is 7.83. The third-order valence-corrected chi connectivity index (χ3v) is 5.76. The Balaban J connectivity index is 1.34. The summed E-state index contributed by atoms with van der Waals surface area (Å²) in [4.78, 5) is 40.9. The van der Waals surface area contributed by atoms with E-state index in [1.54, 1.807) is 34.1 Å². The number of hydrogen-bond acceptors (Lipinski definition) is 6. The highest BCUT2D eigenvalue weighted by Gasteiger charge is 2.33. The maximum Gasteiger partial charge on any atom is 0.267 e. The number of methoxy groups -OCH3 is 1. The van der Waals surface area contributed by atoms with Gasteiger partial charge in [0.05, 0.1) is 13.5 Å². The molecule has 0 N–H and O–H groups in total. The Labute approximate surface area is 186 Å². The lowest BCUT2D eigenvalue weighted by Gasteiger charge is -2.37. The van der Waals surface area contributed by atoms with Crippen LogP contribution in [0.4, 0.5) is 0 Å². The van der Waals surface area contributed by atoms with Crippen molar-refractivity contribution in [3.05, 3.63) is 53.6 Å². The number of carbonyl (C=O) groups excluding carboxylic acids is 3. The van der Waals surface area contributed by atoms with E-state index in [0.717, 1.165) is 0 Å². The molecular weight excluding hydrogens is 412 g/mol. The van der Waals surface area contributed by atoms with Crippen molar-refractivity contribution in [2.45, 2.75) is 19.4 Å². The van der Waals surface area contributed by atoms with Crippen molar-refractivity contribution in [3.63, 3.8) is 0 Å². The highest BCUT2D eigenvalue weighted by atomic mass is 16.6. The molecule has 2 aromatic carbocycles. The predicted molar refractivity (Wildman–Crippen MR) is 116 cm³/mol. The summed E-state index contributed by atoms with van der Waals surface area (Å²) < 4.78 is 16.8.